The van der Waals surface area contributed by atoms with E-state index in [2.05, 4.69) is 9.97 Å². The van der Waals surface area contributed by atoms with Crippen LogP contribution in [0.25, 0.3) is 0 Å². The van der Waals surface area contributed by atoms with Gasteiger partial charge in [0.25, 0.3) is 0 Å². The van der Waals surface area contributed by atoms with Gasteiger partial charge >= 0.3 is 5.97 Å². The van der Waals surface area contributed by atoms with Crippen LogP contribution in [0.1, 0.15) is 39.0 Å². The highest BCUT2D eigenvalue weighted by Gasteiger charge is 2.00. The van der Waals surface area contributed by atoms with Crippen molar-refractivity contribution in [3.8, 4) is 0 Å². The molecular weight excluding hydrogens is 256 g/mol. The van der Waals surface area contributed by atoms with E-state index in [-0.39, 0.29) is 11.3 Å². The molecule has 5 nitrogen and oxygen atoms in total. The molecule has 1 N–H and O–H groups in total. The summed E-state index contributed by atoms with van der Waals surface area (Å²) in [5.41, 5.74) is 2.62. The van der Waals surface area contributed by atoms with Crippen LogP contribution in [0.15, 0.2) is 36.7 Å². The van der Waals surface area contributed by atoms with Crippen LogP contribution < -0.4 is 0 Å². The Morgan fingerprint density at radius 3 is 1.70 bits per heavy atom. The normalized spacial score (nSPS) is 9.35. The van der Waals surface area contributed by atoms with Crippen molar-refractivity contribution in [3.05, 3.63) is 59.2 Å². The molecule has 2 heterocycles. The molecule has 0 aliphatic rings. The summed E-state index contributed by atoms with van der Waals surface area (Å²) in [7, 11) is 0. The Hall–Kier alpha value is -2.56. The van der Waals surface area contributed by atoms with Crippen molar-refractivity contribution >= 4 is 11.8 Å². The minimum atomic E-state index is -0.912. The van der Waals surface area contributed by atoms with Gasteiger partial charge in [0.2, 0.25) is 0 Å². The van der Waals surface area contributed by atoms with Crippen molar-refractivity contribution in [2.75, 3.05) is 0 Å². The SMILES string of the molecule is CC(=O)c1ccnc(C)c1.Cc1cc(C(=O)O)ccn1. The van der Waals surface area contributed by atoms with E-state index in [1.807, 2.05) is 6.92 Å². The second-order valence-corrected chi connectivity index (χ2v) is 4.23. The Labute approximate surface area is 117 Å². The van der Waals surface area contributed by atoms with E-state index in [9.17, 15) is 9.59 Å². The first-order chi connectivity index (χ1) is 9.40. The van der Waals surface area contributed by atoms with Crippen LogP contribution in [0, 0.1) is 13.8 Å². The average molecular weight is 272 g/mol. The average Bonchev–Trinajstić information content (AvgIpc) is 2.39. The second-order valence-electron chi connectivity index (χ2n) is 4.23. The molecule has 20 heavy (non-hydrogen) atoms. The van der Waals surface area contributed by atoms with Crippen LogP contribution in [0.4, 0.5) is 0 Å². The van der Waals surface area contributed by atoms with Crippen molar-refractivity contribution in [1.29, 1.82) is 0 Å². The van der Waals surface area contributed by atoms with Gasteiger partial charge in [0.15, 0.2) is 5.78 Å². The van der Waals surface area contributed by atoms with Crippen LogP contribution in [0.2, 0.25) is 0 Å². The highest BCUT2D eigenvalue weighted by molar-refractivity contribution is 5.93. The van der Waals surface area contributed by atoms with Gasteiger partial charge in [-0.1, -0.05) is 0 Å². The standard InChI is InChI=1S/C8H9NO.C7H7NO2/c1-6-5-8(7(2)10)3-4-9-6;1-5-4-6(7(9)10)2-3-8-5/h3-5H,1-2H3;2-4H,1H3,(H,9,10). The van der Waals surface area contributed by atoms with E-state index in [0.717, 1.165) is 17.0 Å². The fraction of sp³-hybridized carbons (Fsp3) is 0.200. The molecule has 0 radical (unpaired) electrons. The first kappa shape index (κ1) is 15.5. The Morgan fingerprint density at radius 1 is 0.950 bits per heavy atom. The molecule has 0 bridgehead atoms. The van der Waals surface area contributed by atoms with Gasteiger partial charge in [-0.3, -0.25) is 14.8 Å². The first-order valence-corrected chi connectivity index (χ1v) is 5.99. The van der Waals surface area contributed by atoms with Gasteiger partial charge in [-0.25, -0.2) is 4.79 Å². The molecule has 0 aliphatic heterocycles. The number of hydrogen-bond acceptors (Lipinski definition) is 4. The van der Waals surface area contributed by atoms with E-state index < -0.39 is 5.97 Å². The van der Waals surface area contributed by atoms with Crippen LogP contribution in [0.5, 0.6) is 0 Å². The third kappa shape index (κ3) is 4.97. The van der Waals surface area contributed by atoms with Gasteiger partial charge in [-0.05, 0) is 45.0 Å². The summed E-state index contributed by atoms with van der Waals surface area (Å²) < 4.78 is 0. The van der Waals surface area contributed by atoms with Crippen molar-refractivity contribution in [2.24, 2.45) is 0 Å². The van der Waals surface area contributed by atoms with Crippen LogP contribution in [-0.4, -0.2) is 26.8 Å². The Morgan fingerprint density at radius 2 is 1.40 bits per heavy atom. The number of carboxylic acids is 1. The Balaban J connectivity index is 0.000000200. The molecular formula is C15H16N2O3. The number of carboxylic acid groups (broad SMARTS) is 1. The smallest absolute Gasteiger partial charge is 0.335 e. The molecule has 2 aromatic rings. The number of ketones is 1. The number of aromatic nitrogens is 2. The zero-order chi connectivity index (χ0) is 15.1. The van der Waals surface area contributed by atoms with Crippen molar-refractivity contribution in [3.63, 3.8) is 0 Å². The van der Waals surface area contributed by atoms with E-state index >= 15 is 0 Å². The summed E-state index contributed by atoms with van der Waals surface area (Å²) in [5, 5.41) is 8.48. The third-order valence-electron chi connectivity index (χ3n) is 2.45. The number of aryl methyl sites for hydroxylation is 2. The van der Waals surface area contributed by atoms with E-state index in [1.54, 1.807) is 32.2 Å². The monoisotopic (exact) mass is 272 g/mol. The van der Waals surface area contributed by atoms with Crippen molar-refractivity contribution < 1.29 is 14.7 Å². The molecule has 104 valence electrons. The van der Waals surface area contributed by atoms with Gasteiger partial charge < -0.3 is 5.11 Å². The minimum Gasteiger partial charge on any atom is -0.478 e. The maximum atomic E-state index is 10.8. The molecule has 2 rings (SSSR count). The Kier molecular flexibility index (Phi) is 5.53. The number of hydrogen-bond donors (Lipinski definition) is 1. The molecule has 0 atom stereocenters. The number of carbonyl (C=O) groups excluding carboxylic acids is 1. The van der Waals surface area contributed by atoms with Crippen LogP contribution in [-0.2, 0) is 0 Å². The first-order valence-electron chi connectivity index (χ1n) is 5.99. The zero-order valence-electron chi connectivity index (χ0n) is 11.6. The molecule has 2 aromatic heterocycles. The summed E-state index contributed by atoms with van der Waals surface area (Å²) in [6.07, 6.45) is 3.13. The molecule has 5 heteroatoms. The van der Waals surface area contributed by atoms with Gasteiger partial charge in [0.05, 0.1) is 5.56 Å². The lowest BCUT2D eigenvalue weighted by molar-refractivity contribution is 0.0696. The summed E-state index contributed by atoms with van der Waals surface area (Å²) in [6.45, 7) is 5.17. The molecule has 0 saturated heterocycles. The summed E-state index contributed by atoms with van der Waals surface area (Å²) in [4.78, 5) is 28.9. The van der Waals surface area contributed by atoms with Gasteiger partial charge in [-0.2, -0.15) is 0 Å². The fourth-order valence-electron chi connectivity index (χ4n) is 1.44. The highest BCUT2D eigenvalue weighted by atomic mass is 16.4. The summed E-state index contributed by atoms with van der Waals surface area (Å²) in [5.74, 6) is -0.823. The predicted molar refractivity (Wildman–Crippen MR) is 74.9 cm³/mol. The maximum absolute atomic E-state index is 10.8. The number of nitrogens with zero attached hydrogens (tertiary/aromatic N) is 2. The third-order valence-corrected chi connectivity index (χ3v) is 2.45. The second kappa shape index (κ2) is 7.13. The number of carbonyl (C=O) groups is 2. The van der Waals surface area contributed by atoms with Gasteiger partial charge in [-0.15, -0.1) is 0 Å². The molecule has 0 saturated carbocycles. The van der Waals surface area contributed by atoms with Crippen LogP contribution in [0.3, 0.4) is 0 Å². The van der Waals surface area contributed by atoms with Crippen molar-refractivity contribution in [2.45, 2.75) is 20.8 Å². The lowest BCUT2D eigenvalue weighted by Gasteiger charge is -1.94. The fourth-order valence-corrected chi connectivity index (χ4v) is 1.44. The lowest BCUT2D eigenvalue weighted by atomic mass is 10.2. The number of aromatic carboxylic acids is 1. The number of Topliss-reactive ketones (excluding diaryl/α,β-unsaturated/α-hetero) is 1. The van der Waals surface area contributed by atoms with E-state index in [4.69, 9.17) is 5.11 Å². The highest BCUT2D eigenvalue weighted by Crippen LogP contribution is 2.00. The van der Waals surface area contributed by atoms with E-state index in [0.29, 0.717) is 0 Å². The molecule has 0 spiro atoms. The lowest BCUT2D eigenvalue weighted by Crippen LogP contribution is -1.96. The summed E-state index contributed by atoms with van der Waals surface area (Å²) >= 11 is 0. The largest absolute Gasteiger partial charge is 0.478 e. The summed E-state index contributed by atoms with van der Waals surface area (Å²) in [6, 6.07) is 6.50. The molecule has 0 amide bonds. The number of pyridine rings is 2. The predicted octanol–water partition coefficient (Wildman–Crippen LogP) is 2.68. The zero-order valence-corrected chi connectivity index (χ0v) is 11.6. The number of rotatable bonds is 2. The molecule has 0 aromatic carbocycles. The van der Waals surface area contributed by atoms with Crippen LogP contribution >= 0.6 is 0 Å². The van der Waals surface area contributed by atoms with Crippen molar-refractivity contribution in [1.82, 2.24) is 9.97 Å². The minimum absolute atomic E-state index is 0.0884. The quantitative estimate of drug-likeness (QED) is 0.850. The van der Waals surface area contributed by atoms with Gasteiger partial charge in [0.1, 0.15) is 0 Å². The molecule has 0 unspecified atom stereocenters. The van der Waals surface area contributed by atoms with E-state index in [1.165, 1.54) is 18.3 Å². The van der Waals surface area contributed by atoms with Gasteiger partial charge in [0, 0.05) is 29.3 Å². The molecule has 0 aliphatic carbocycles. The molecule has 0 fully saturated rings. The Bertz CT molecular complexity index is 569. The maximum Gasteiger partial charge on any atom is 0.335 e. The topological polar surface area (TPSA) is 80.2 Å².